The van der Waals surface area contributed by atoms with E-state index in [1.807, 2.05) is 6.07 Å². The number of hydrogen-bond acceptors (Lipinski definition) is 3. The molecule has 0 atom stereocenters. The van der Waals surface area contributed by atoms with Gasteiger partial charge in [0.1, 0.15) is 39.3 Å². The Morgan fingerprint density at radius 3 is 2.04 bits per heavy atom. The van der Waals surface area contributed by atoms with Gasteiger partial charge in [-0.2, -0.15) is 0 Å². The first kappa shape index (κ1) is 16.4. The van der Waals surface area contributed by atoms with E-state index in [0.29, 0.717) is 0 Å². The lowest BCUT2D eigenvalue weighted by molar-refractivity contribution is -1.02. The van der Waals surface area contributed by atoms with E-state index in [2.05, 4.69) is 24.3 Å². The van der Waals surface area contributed by atoms with Gasteiger partial charge in [0.25, 0.3) is 5.69 Å². The maximum atomic E-state index is 11.5. The van der Waals surface area contributed by atoms with Gasteiger partial charge >= 0.3 is 0 Å². The summed E-state index contributed by atoms with van der Waals surface area (Å²) in [6.07, 6.45) is 0. The third kappa shape index (κ3) is 4.10. The molecule has 6 nitrogen and oxygen atoms in total. The van der Waals surface area contributed by atoms with Crippen molar-refractivity contribution in [3.8, 4) is 5.75 Å². The molecule has 0 saturated carbocycles. The largest absolute Gasteiger partial charge is 0.868 e. The summed E-state index contributed by atoms with van der Waals surface area (Å²) < 4.78 is 0. The van der Waals surface area contributed by atoms with Gasteiger partial charge in [-0.25, -0.2) is 0 Å². The molecule has 0 bridgehead atoms. The molecule has 0 radical (unpaired) electrons. The van der Waals surface area contributed by atoms with E-state index < -0.39 is 10.7 Å². The smallest absolute Gasteiger partial charge is 0.262 e. The molecule has 1 saturated heterocycles. The fourth-order valence-corrected chi connectivity index (χ4v) is 3.30. The van der Waals surface area contributed by atoms with Gasteiger partial charge in [-0.15, -0.1) is 0 Å². The standard InChI is InChI=1S/C18H21N3O3/c22-18-7-6-16(12-17(18)21(23)24)14-20-10-8-19(9-11-20)13-15-4-2-1-3-5-15/h1-7,12,22H,8-11,13-14H2/p+1. The number of benzene rings is 2. The first-order chi connectivity index (χ1) is 11.6. The highest BCUT2D eigenvalue weighted by atomic mass is 16.6. The molecule has 1 aliphatic heterocycles. The molecule has 1 fully saturated rings. The zero-order valence-electron chi connectivity index (χ0n) is 13.5. The van der Waals surface area contributed by atoms with Crippen LogP contribution < -0.4 is 14.9 Å². The quantitative estimate of drug-likeness (QED) is 0.555. The van der Waals surface area contributed by atoms with Crippen molar-refractivity contribution in [3.63, 3.8) is 0 Å². The number of nitro groups is 1. The number of hydrogen-bond donors (Lipinski definition) is 2. The first-order valence-electron chi connectivity index (χ1n) is 8.27. The third-order valence-corrected chi connectivity index (χ3v) is 4.64. The lowest BCUT2D eigenvalue weighted by Crippen LogP contribution is -3.27. The topological polar surface area (TPSA) is 75.1 Å². The SMILES string of the molecule is O=[N+]([O-])c1cc(C[NH+]2CC[NH+](Cc3ccccc3)CC2)ccc1[O-]. The molecule has 2 N–H and O–H groups in total. The Morgan fingerprint density at radius 2 is 1.46 bits per heavy atom. The molecule has 0 unspecified atom stereocenters. The number of quaternary nitrogens is 2. The van der Waals surface area contributed by atoms with Crippen LogP contribution in [0.3, 0.4) is 0 Å². The van der Waals surface area contributed by atoms with E-state index in [9.17, 15) is 15.2 Å². The molecule has 2 aromatic rings. The second kappa shape index (κ2) is 7.42. The highest BCUT2D eigenvalue weighted by molar-refractivity contribution is 5.46. The highest BCUT2D eigenvalue weighted by Crippen LogP contribution is 2.23. The van der Waals surface area contributed by atoms with Crippen molar-refractivity contribution >= 4 is 5.69 Å². The summed E-state index contributed by atoms with van der Waals surface area (Å²) in [7, 11) is 0. The maximum Gasteiger partial charge on any atom is 0.262 e. The van der Waals surface area contributed by atoms with E-state index in [0.717, 1.165) is 44.8 Å². The van der Waals surface area contributed by atoms with E-state index in [1.54, 1.807) is 11.0 Å². The van der Waals surface area contributed by atoms with Gasteiger partial charge < -0.3 is 14.9 Å². The van der Waals surface area contributed by atoms with Crippen molar-refractivity contribution in [2.24, 2.45) is 0 Å². The van der Waals surface area contributed by atoms with Crippen molar-refractivity contribution in [1.29, 1.82) is 0 Å². The summed E-state index contributed by atoms with van der Waals surface area (Å²) in [6.45, 7) is 6.03. The number of nitro benzene ring substituents is 1. The van der Waals surface area contributed by atoms with Crippen molar-refractivity contribution in [2.45, 2.75) is 13.1 Å². The molecule has 1 aliphatic rings. The molecular weight excluding hydrogens is 306 g/mol. The maximum absolute atomic E-state index is 11.5. The van der Waals surface area contributed by atoms with Crippen LogP contribution >= 0.6 is 0 Å². The molecule has 2 aromatic carbocycles. The lowest BCUT2D eigenvalue weighted by atomic mass is 10.1. The van der Waals surface area contributed by atoms with Crippen LogP contribution in [0.5, 0.6) is 5.75 Å². The van der Waals surface area contributed by atoms with Gasteiger partial charge in [-0.05, 0) is 5.75 Å². The van der Waals surface area contributed by atoms with E-state index in [-0.39, 0.29) is 5.69 Å². The summed E-state index contributed by atoms with van der Waals surface area (Å²) in [4.78, 5) is 13.3. The fraction of sp³-hybridized carbons (Fsp3) is 0.333. The minimum absolute atomic E-state index is 0.319. The molecule has 0 aliphatic carbocycles. The molecule has 0 amide bonds. The Kier molecular flexibility index (Phi) is 5.08. The lowest BCUT2D eigenvalue weighted by Gasteiger charge is -2.29. The molecule has 1 heterocycles. The van der Waals surface area contributed by atoms with Gasteiger partial charge in [-0.3, -0.25) is 10.1 Å². The van der Waals surface area contributed by atoms with Gasteiger partial charge in [0, 0.05) is 17.2 Å². The average Bonchev–Trinajstić information content (AvgIpc) is 2.59. The van der Waals surface area contributed by atoms with Gasteiger partial charge in [0.2, 0.25) is 0 Å². The molecule has 24 heavy (non-hydrogen) atoms. The summed E-state index contributed by atoms with van der Waals surface area (Å²) >= 11 is 0. The molecular formula is C18H22N3O3+. The predicted molar refractivity (Wildman–Crippen MR) is 87.8 cm³/mol. The molecule has 126 valence electrons. The van der Waals surface area contributed by atoms with E-state index in [1.165, 1.54) is 22.6 Å². The number of nitrogens with one attached hydrogen (secondary N) is 2. The average molecular weight is 328 g/mol. The summed E-state index contributed by atoms with van der Waals surface area (Å²) in [5.41, 5.74) is 1.90. The zero-order chi connectivity index (χ0) is 16.9. The number of piperazine rings is 1. The minimum atomic E-state index is -0.594. The Labute approximate surface area is 141 Å². The molecule has 0 spiro atoms. The number of nitrogens with zero attached hydrogens (tertiary/aromatic N) is 1. The highest BCUT2D eigenvalue weighted by Gasteiger charge is 2.23. The van der Waals surface area contributed by atoms with Crippen molar-refractivity contribution in [3.05, 3.63) is 69.8 Å². The van der Waals surface area contributed by atoms with Crippen LogP contribution in [0.25, 0.3) is 0 Å². The van der Waals surface area contributed by atoms with Gasteiger partial charge in [0.05, 0.1) is 4.92 Å². The van der Waals surface area contributed by atoms with Crippen molar-refractivity contribution < 1.29 is 19.8 Å². The first-order valence-corrected chi connectivity index (χ1v) is 8.27. The molecule has 3 rings (SSSR count). The molecule has 6 heteroatoms. The van der Waals surface area contributed by atoms with Crippen LogP contribution in [0.1, 0.15) is 11.1 Å². The van der Waals surface area contributed by atoms with E-state index >= 15 is 0 Å². The van der Waals surface area contributed by atoms with Crippen LogP contribution in [0.4, 0.5) is 5.69 Å². The number of rotatable bonds is 5. The second-order valence-electron chi connectivity index (χ2n) is 6.40. The van der Waals surface area contributed by atoms with Crippen LogP contribution in [-0.2, 0) is 13.1 Å². The summed E-state index contributed by atoms with van der Waals surface area (Å²) in [6, 6.07) is 15.0. The van der Waals surface area contributed by atoms with Crippen LogP contribution in [0, 0.1) is 10.1 Å². The van der Waals surface area contributed by atoms with Crippen LogP contribution in [0.2, 0.25) is 0 Å². The summed E-state index contributed by atoms with van der Waals surface area (Å²) in [5, 5.41) is 22.3. The summed E-state index contributed by atoms with van der Waals surface area (Å²) in [5.74, 6) is -0.518. The predicted octanol–water partition coefficient (Wildman–Crippen LogP) is -0.848. The monoisotopic (exact) mass is 328 g/mol. The Hall–Kier alpha value is -2.44. The normalized spacial score (nSPS) is 20.7. The van der Waals surface area contributed by atoms with Crippen LogP contribution in [-0.4, -0.2) is 31.1 Å². The molecule has 0 aromatic heterocycles. The third-order valence-electron chi connectivity index (χ3n) is 4.64. The minimum Gasteiger partial charge on any atom is -0.868 e. The Morgan fingerprint density at radius 1 is 0.875 bits per heavy atom. The Balaban J connectivity index is 1.54. The zero-order valence-corrected chi connectivity index (χ0v) is 13.5. The second-order valence-corrected chi connectivity index (χ2v) is 6.40. The Bertz CT molecular complexity index is 698. The van der Waals surface area contributed by atoms with E-state index in [4.69, 9.17) is 0 Å². The van der Waals surface area contributed by atoms with Crippen molar-refractivity contribution in [2.75, 3.05) is 26.2 Å². The van der Waals surface area contributed by atoms with Gasteiger partial charge in [-0.1, -0.05) is 42.5 Å². The van der Waals surface area contributed by atoms with Crippen LogP contribution in [0.15, 0.2) is 48.5 Å². The fourth-order valence-electron chi connectivity index (χ4n) is 3.30. The van der Waals surface area contributed by atoms with Crippen molar-refractivity contribution in [1.82, 2.24) is 0 Å². The van der Waals surface area contributed by atoms with Gasteiger partial charge in [0.15, 0.2) is 0 Å².